The predicted molar refractivity (Wildman–Crippen MR) is 64.3 cm³/mol. The molecule has 94 valence electrons. The highest BCUT2D eigenvalue weighted by molar-refractivity contribution is 9.10. The van der Waals surface area contributed by atoms with Crippen LogP contribution in [0.4, 0.5) is 8.78 Å². The molecular formula is C11H12BrF2NO2. The van der Waals surface area contributed by atoms with Gasteiger partial charge in [-0.15, -0.1) is 0 Å². The zero-order valence-electron chi connectivity index (χ0n) is 9.41. The first-order valence-electron chi connectivity index (χ1n) is 4.78. The van der Waals surface area contributed by atoms with Crippen molar-refractivity contribution in [3.63, 3.8) is 0 Å². The van der Waals surface area contributed by atoms with Crippen LogP contribution in [0.1, 0.15) is 5.56 Å². The van der Waals surface area contributed by atoms with Gasteiger partial charge in [0.05, 0.1) is 6.54 Å². The van der Waals surface area contributed by atoms with E-state index in [0.717, 1.165) is 12.1 Å². The van der Waals surface area contributed by atoms with Crippen molar-refractivity contribution in [2.24, 2.45) is 4.99 Å². The van der Waals surface area contributed by atoms with Crippen molar-refractivity contribution in [3.05, 3.63) is 33.8 Å². The van der Waals surface area contributed by atoms with Gasteiger partial charge in [-0.2, -0.15) is 0 Å². The molecule has 1 rings (SSSR count). The minimum Gasteiger partial charge on any atom is -0.354 e. The van der Waals surface area contributed by atoms with Crippen LogP contribution in [-0.4, -0.2) is 33.3 Å². The van der Waals surface area contributed by atoms with Crippen molar-refractivity contribution in [2.45, 2.75) is 6.29 Å². The molecule has 0 radical (unpaired) electrons. The van der Waals surface area contributed by atoms with Gasteiger partial charge in [-0.25, -0.2) is 8.78 Å². The van der Waals surface area contributed by atoms with Crippen LogP contribution in [0.2, 0.25) is 0 Å². The molecule has 0 bridgehead atoms. The fraction of sp³-hybridized carbons (Fsp3) is 0.364. The normalized spacial score (nSPS) is 11.6. The molecule has 0 amide bonds. The number of methoxy groups -OCH3 is 2. The number of halogens is 3. The van der Waals surface area contributed by atoms with Crippen molar-refractivity contribution in [3.8, 4) is 0 Å². The Kier molecular flexibility index (Phi) is 5.67. The Hall–Kier alpha value is -0.850. The zero-order valence-corrected chi connectivity index (χ0v) is 11.0. The summed E-state index contributed by atoms with van der Waals surface area (Å²) in [6, 6.07) is 2.12. The number of benzene rings is 1. The molecule has 0 aliphatic heterocycles. The first kappa shape index (κ1) is 14.2. The van der Waals surface area contributed by atoms with E-state index in [-0.39, 0.29) is 6.54 Å². The minimum atomic E-state index is -0.912. The molecule has 0 aliphatic rings. The highest BCUT2D eigenvalue weighted by Crippen LogP contribution is 2.19. The standard InChI is InChI=1S/C11H12BrF2NO2/c1-16-11(17-2)6-15-5-7-3-9(13)10(14)4-8(7)12/h3-5,11H,6H2,1-2H3/b15-5+. The van der Waals surface area contributed by atoms with Gasteiger partial charge >= 0.3 is 0 Å². The summed E-state index contributed by atoms with van der Waals surface area (Å²) in [5.74, 6) is -1.81. The lowest BCUT2D eigenvalue weighted by molar-refractivity contribution is -0.0936. The van der Waals surface area contributed by atoms with Gasteiger partial charge in [-0.05, 0) is 12.1 Å². The number of ether oxygens (including phenoxy) is 2. The van der Waals surface area contributed by atoms with Gasteiger partial charge in [0, 0.05) is 30.5 Å². The van der Waals surface area contributed by atoms with E-state index in [1.165, 1.54) is 20.4 Å². The Balaban J connectivity index is 2.74. The molecule has 0 saturated carbocycles. The van der Waals surface area contributed by atoms with E-state index in [1.807, 2.05) is 0 Å². The van der Waals surface area contributed by atoms with Crippen LogP contribution in [0.3, 0.4) is 0 Å². The largest absolute Gasteiger partial charge is 0.354 e. The molecule has 0 atom stereocenters. The molecule has 0 fully saturated rings. The predicted octanol–water partition coefficient (Wildman–Crippen LogP) is 2.77. The van der Waals surface area contributed by atoms with E-state index in [9.17, 15) is 8.78 Å². The SMILES string of the molecule is COC(C/N=C/c1cc(F)c(F)cc1Br)OC. The Morgan fingerprint density at radius 3 is 2.47 bits per heavy atom. The summed E-state index contributed by atoms with van der Waals surface area (Å²) in [6.07, 6.45) is 0.979. The lowest BCUT2D eigenvalue weighted by Crippen LogP contribution is -2.16. The second-order valence-electron chi connectivity index (χ2n) is 3.18. The summed E-state index contributed by atoms with van der Waals surface area (Å²) in [5, 5.41) is 0. The molecule has 0 spiro atoms. The van der Waals surface area contributed by atoms with E-state index in [4.69, 9.17) is 9.47 Å². The maximum Gasteiger partial charge on any atom is 0.176 e. The third-order valence-corrected chi connectivity index (χ3v) is 2.74. The van der Waals surface area contributed by atoms with E-state index < -0.39 is 17.9 Å². The molecule has 0 aromatic heterocycles. The van der Waals surface area contributed by atoms with Crippen LogP contribution < -0.4 is 0 Å². The highest BCUT2D eigenvalue weighted by atomic mass is 79.9. The first-order valence-corrected chi connectivity index (χ1v) is 5.57. The molecule has 6 heteroatoms. The minimum absolute atomic E-state index is 0.276. The van der Waals surface area contributed by atoms with E-state index in [0.29, 0.717) is 10.0 Å². The maximum atomic E-state index is 13.0. The maximum absolute atomic E-state index is 13.0. The smallest absolute Gasteiger partial charge is 0.176 e. The van der Waals surface area contributed by atoms with Crippen LogP contribution in [0, 0.1) is 11.6 Å². The average molecular weight is 308 g/mol. The summed E-state index contributed by atoms with van der Waals surface area (Å²) < 4.78 is 36.1. The second kappa shape index (κ2) is 6.78. The second-order valence-corrected chi connectivity index (χ2v) is 4.04. The van der Waals surface area contributed by atoms with Crippen LogP contribution >= 0.6 is 15.9 Å². The molecule has 0 saturated heterocycles. The van der Waals surface area contributed by atoms with Gasteiger partial charge in [0.25, 0.3) is 0 Å². The first-order chi connectivity index (χ1) is 8.08. The average Bonchev–Trinajstić information content (AvgIpc) is 2.31. The Bertz CT molecular complexity index is 409. The van der Waals surface area contributed by atoms with Gasteiger partial charge in [0.2, 0.25) is 0 Å². The monoisotopic (exact) mass is 307 g/mol. The fourth-order valence-electron chi connectivity index (χ4n) is 1.12. The quantitative estimate of drug-likeness (QED) is 0.476. The van der Waals surface area contributed by atoms with Crippen LogP contribution in [0.15, 0.2) is 21.6 Å². The third kappa shape index (κ3) is 4.14. The molecule has 0 N–H and O–H groups in total. The van der Waals surface area contributed by atoms with Crippen molar-refractivity contribution < 1.29 is 18.3 Å². The van der Waals surface area contributed by atoms with Crippen LogP contribution in [0.5, 0.6) is 0 Å². The fourth-order valence-corrected chi connectivity index (χ4v) is 1.54. The summed E-state index contributed by atoms with van der Waals surface area (Å²) in [4.78, 5) is 4.02. The van der Waals surface area contributed by atoms with E-state index in [1.54, 1.807) is 0 Å². The molecular weight excluding hydrogens is 296 g/mol. The third-order valence-electron chi connectivity index (χ3n) is 2.05. The number of hydrogen-bond donors (Lipinski definition) is 0. The molecule has 0 aliphatic carbocycles. The molecule has 0 unspecified atom stereocenters. The number of nitrogens with zero attached hydrogens (tertiary/aromatic N) is 1. The lowest BCUT2D eigenvalue weighted by Gasteiger charge is -2.09. The molecule has 1 aromatic rings. The zero-order chi connectivity index (χ0) is 12.8. The summed E-state index contributed by atoms with van der Waals surface area (Å²) in [7, 11) is 2.99. The highest BCUT2D eigenvalue weighted by Gasteiger charge is 2.07. The molecule has 17 heavy (non-hydrogen) atoms. The molecule has 1 aromatic carbocycles. The van der Waals surface area contributed by atoms with Crippen LogP contribution in [-0.2, 0) is 9.47 Å². The Morgan fingerprint density at radius 2 is 1.88 bits per heavy atom. The summed E-state index contributed by atoms with van der Waals surface area (Å²) in [5.41, 5.74) is 0.454. The van der Waals surface area contributed by atoms with Gasteiger partial charge in [0.15, 0.2) is 17.9 Å². The van der Waals surface area contributed by atoms with Crippen LogP contribution in [0.25, 0.3) is 0 Å². The number of aliphatic imine (C=N–C) groups is 1. The van der Waals surface area contributed by atoms with E-state index >= 15 is 0 Å². The Labute approximate surface area is 107 Å². The van der Waals surface area contributed by atoms with Crippen molar-refractivity contribution >= 4 is 22.1 Å². The molecule has 0 heterocycles. The Morgan fingerprint density at radius 1 is 1.29 bits per heavy atom. The van der Waals surface area contributed by atoms with Gasteiger partial charge < -0.3 is 9.47 Å². The van der Waals surface area contributed by atoms with Gasteiger partial charge in [0.1, 0.15) is 0 Å². The summed E-state index contributed by atoms with van der Waals surface area (Å²) >= 11 is 3.12. The topological polar surface area (TPSA) is 30.8 Å². The van der Waals surface area contributed by atoms with Crippen molar-refractivity contribution in [2.75, 3.05) is 20.8 Å². The number of hydrogen-bond acceptors (Lipinski definition) is 3. The van der Waals surface area contributed by atoms with Gasteiger partial charge in [-0.1, -0.05) is 15.9 Å². The molecule has 3 nitrogen and oxygen atoms in total. The van der Waals surface area contributed by atoms with E-state index in [2.05, 4.69) is 20.9 Å². The summed E-state index contributed by atoms with van der Waals surface area (Å²) in [6.45, 7) is 0.276. The lowest BCUT2D eigenvalue weighted by atomic mass is 10.2. The van der Waals surface area contributed by atoms with Crippen molar-refractivity contribution in [1.29, 1.82) is 0 Å². The number of rotatable bonds is 5. The van der Waals surface area contributed by atoms with Gasteiger partial charge in [-0.3, -0.25) is 4.99 Å². The van der Waals surface area contributed by atoms with Crippen molar-refractivity contribution in [1.82, 2.24) is 0 Å².